The third-order valence-corrected chi connectivity index (χ3v) is 12.9. The zero-order valence-electron chi connectivity index (χ0n) is 33.5. The van der Waals surface area contributed by atoms with Crippen LogP contribution in [-0.4, -0.2) is 19.5 Å². The highest BCUT2D eigenvalue weighted by Crippen LogP contribution is 2.42. The third kappa shape index (κ3) is 6.35. The average molecular weight is 809 g/mol. The minimum absolute atomic E-state index is 0.603. The fourth-order valence-electron chi connectivity index (χ4n) is 8.83. The van der Waals surface area contributed by atoms with Crippen molar-refractivity contribution >= 4 is 53.3 Å². The van der Waals surface area contributed by atoms with Crippen LogP contribution < -0.4 is 0 Å². The first-order valence-electron chi connectivity index (χ1n) is 20.8. The highest BCUT2D eigenvalue weighted by Gasteiger charge is 2.19. The summed E-state index contributed by atoms with van der Waals surface area (Å²) in [6.07, 6.45) is 0. The lowest BCUT2D eigenvalue weighted by molar-refractivity contribution is 1.07. The normalized spacial score (nSPS) is 11.5. The molecular weight excluding hydrogens is 773 g/mol. The number of thiophene rings is 1. The van der Waals surface area contributed by atoms with Crippen LogP contribution in [0.2, 0.25) is 0 Å². The van der Waals surface area contributed by atoms with E-state index in [9.17, 15) is 0 Å². The molecule has 12 rings (SSSR count). The Hall–Kier alpha value is -7.99. The molecule has 5 heteroatoms. The van der Waals surface area contributed by atoms with E-state index in [-0.39, 0.29) is 0 Å². The summed E-state index contributed by atoms with van der Waals surface area (Å²) in [6, 6.07) is 77.5. The molecule has 290 valence electrons. The fraction of sp³-hybridized carbons (Fsp3) is 0. The number of rotatable bonds is 7. The Morgan fingerprint density at radius 2 is 0.742 bits per heavy atom. The van der Waals surface area contributed by atoms with Crippen LogP contribution in [0.4, 0.5) is 0 Å². The van der Waals surface area contributed by atoms with Gasteiger partial charge in [0.2, 0.25) is 0 Å². The van der Waals surface area contributed by atoms with Crippen molar-refractivity contribution in [3.8, 4) is 73.2 Å². The van der Waals surface area contributed by atoms with Crippen LogP contribution in [0.25, 0.3) is 115 Å². The summed E-state index contributed by atoms with van der Waals surface area (Å²) in [5.41, 5.74) is 12.7. The summed E-state index contributed by atoms with van der Waals surface area (Å²) in [5.74, 6) is 1.83. The standard InChI is InChI=1S/C57H36N4S/c1-4-16-37(17-5-1)40-22-14-24-42(30-40)55-58-56(43-25-15-23-41(31-43)38-18-6-2-7-19-38)60-57(59-55)45-32-44(39-20-8-3-9-21-39)33-46(34-45)61-51-28-12-10-26-47(51)49-36-54-50(35-52(49)61)48-27-11-13-29-53(48)62-54/h1-36H. The molecule has 4 nitrogen and oxygen atoms in total. The van der Waals surface area contributed by atoms with Gasteiger partial charge in [0.05, 0.1) is 11.0 Å². The summed E-state index contributed by atoms with van der Waals surface area (Å²) in [4.78, 5) is 15.9. The highest BCUT2D eigenvalue weighted by atomic mass is 32.1. The third-order valence-electron chi connectivity index (χ3n) is 11.8. The lowest BCUT2D eigenvalue weighted by Crippen LogP contribution is -2.02. The van der Waals surface area contributed by atoms with Crippen LogP contribution in [0, 0.1) is 0 Å². The van der Waals surface area contributed by atoms with Gasteiger partial charge in [-0.3, -0.25) is 0 Å². The maximum absolute atomic E-state index is 5.33. The molecule has 0 amide bonds. The summed E-state index contributed by atoms with van der Waals surface area (Å²) in [5, 5.41) is 4.99. The number of nitrogens with zero attached hydrogens (tertiary/aromatic N) is 4. The smallest absolute Gasteiger partial charge is 0.164 e. The summed E-state index contributed by atoms with van der Waals surface area (Å²) in [6.45, 7) is 0. The first kappa shape index (κ1) is 35.9. The van der Waals surface area contributed by atoms with E-state index in [4.69, 9.17) is 15.0 Å². The van der Waals surface area contributed by atoms with E-state index in [0.29, 0.717) is 17.5 Å². The van der Waals surface area contributed by atoms with Crippen molar-refractivity contribution < 1.29 is 0 Å². The molecule has 9 aromatic carbocycles. The van der Waals surface area contributed by atoms with Crippen molar-refractivity contribution in [1.29, 1.82) is 0 Å². The Morgan fingerprint density at radius 3 is 1.37 bits per heavy atom. The maximum atomic E-state index is 5.33. The van der Waals surface area contributed by atoms with E-state index in [1.165, 1.54) is 30.9 Å². The SMILES string of the molecule is c1ccc(-c2cccc(-c3nc(-c4cccc(-c5ccccc5)c4)nc(-c4cc(-c5ccccc5)cc(-n5c6ccccc6c6cc7sc8ccccc8c7cc65)c4)n3)c2)cc1. The van der Waals surface area contributed by atoms with Gasteiger partial charge >= 0.3 is 0 Å². The van der Waals surface area contributed by atoms with Gasteiger partial charge in [-0.2, -0.15) is 0 Å². The molecule has 0 saturated heterocycles. The van der Waals surface area contributed by atoms with Crippen LogP contribution in [0.15, 0.2) is 218 Å². The first-order chi connectivity index (χ1) is 30.7. The van der Waals surface area contributed by atoms with Gasteiger partial charge in [0, 0.05) is 53.3 Å². The molecule has 0 aliphatic heterocycles. The van der Waals surface area contributed by atoms with E-state index >= 15 is 0 Å². The Bertz CT molecular complexity index is 3530. The summed E-state index contributed by atoms with van der Waals surface area (Å²) in [7, 11) is 0. The van der Waals surface area contributed by atoms with Gasteiger partial charge in [-0.15, -0.1) is 11.3 Å². The van der Waals surface area contributed by atoms with Gasteiger partial charge in [0.1, 0.15) is 0 Å². The van der Waals surface area contributed by atoms with Gasteiger partial charge in [0.15, 0.2) is 17.5 Å². The topological polar surface area (TPSA) is 43.6 Å². The molecule has 0 spiro atoms. The van der Waals surface area contributed by atoms with E-state index < -0.39 is 0 Å². The van der Waals surface area contributed by atoms with E-state index in [1.54, 1.807) is 0 Å². The molecule has 12 aromatic rings. The molecule has 0 aliphatic carbocycles. The molecule has 0 saturated carbocycles. The van der Waals surface area contributed by atoms with Crippen molar-refractivity contribution in [2.24, 2.45) is 0 Å². The zero-order valence-corrected chi connectivity index (χ0v) is 34.3. The molecular formula is C57H36N4S. The second-order valence-electron chi connectivity index (χ2n) is 15.7. The average Bonchev–Trinajstić information content (AvgIpc) is 3.88. The maximum Gasteiger partial charge on any atom is 0.164 e. The molecule has 62 heavy (non-hydrogen) atoms. The van der Waals surface area contributed by atoms with Crippen LogP contribution >= 0.6 is 11.3 Å². The highest BCUT2D eigenvalue weighted by molar-refractivity contribution is 7.25. The van der Waals surface area contributed by atoms with Crippen LogP contribution in [-0.2, 0) is 0 Å². The summed E-state index contributed by atoms with van der Waals surface area (Å²) < 4.78 is 5.00. The number of para-hydroxylation sites is 1. The quantitative estimate of drug-likeness (QED) is 0.161. The Kier molecular flexibility index (Phi) is 8.65. The van der Waals surface area contributed by atoms with Crippen molar-refractivity contribution in [3.05, 3.63) is 218 Å². The minimum atomic E-state index is 0.603. The molecule has 0 aliphatic rings. The lowest BCUT2D eigenvalue weighted by Gasteiger charge is -2.15. The number of hydrogen-bond donors (Lipinski definition) is 0. The van der Waals surface area contributed by atoms with Gasteiger partial charge in [-0.1, -0.05) is 164 Å². The number of aromatic nitrogens is 4. The van der Waals surface area contributed by atoms with Crippen LogP contribution in [0.5, 0.6) is 0 Å². The van der Waals surface area contributed by atoms with Crippen LogP contribution in [0.1, 0.15) is 0 Å². The monoisotopic (exact) mass is 808 g/mol. The van der Waals surface area contributed by atoms with Crippen molar-refractivity contribution in [2.45, 2.75) is 0 Å². The Labute approximate surface area is 362 Å². The zero-order chi connectivity index (χ0) is 41.0. The van der Waals surface area contributed by atoms with E-state index in [2.05, 4.69) is 211 Å². The molecule has 0 fully saturated rings. The lowest BCUT2D eigenvalue weighted by atomic mass is 10.0. The van der Waals surface area contributed by atoms with Gasteiger partial charge < -0.3 is 4.57 Å². The molecule has 0 bridgehead atoms. The van der Waals surface area contributed by atoms with Crippen molar-refractivity contribution in [1.82, 2.24) is 19.5 Å². The predicted octanol–water partition coefficient (Wildman–Crippen LogP) is 15.3. The largest absolute Gasteiger partial charge is 0.309 e. The van der Waals surface area contributed by atoms with Crippen LogP contribution in [0.3, 0.4) is 0 Å². The van der Waals surface area contributed by atoms with Gasteiger partial charge in [-0.25, -0.2) is 15.0 Å². The summed E-state index contributed by atoms with van der Waals surface area (Å²) >= 11 is 1.86. The molecule has 0 radical (unpaired) electrons. The fourth-order valence-corrected chi connectivity index (χ4v) is 9.96. The molecule has 3 aromatic heterocycles. The second kappa shape index (κ2) is 14.9. The predicted molar refractivity (Wildman–Crippen MR) is 260 cm³/mol. The van der Waals surface area contributed by atoms with Gasteiger partial charge in [0.25, 0.3) is 0 Å². The number of fused-ring (bicyclic) bond motifs is 6. The minimum Gasteiger partial charge on any atom is -0.309 e. The second-order valence-corrected chi connectivity index (χ2v) is 16.7. The molecule has 0 N–H and O–H groups in total. The molecule has 0 unspecified atom stereocenters. The Morgan fingerprint density at radius 1 is 0.274 bits per heavy atom. The number of benzene rings is 9. The molecule has 3 heterocycles. The van der Waals surface area contributed by atoms with E-state index in [0.717, 1.165) is 66.8 Å². The Balaban J connectivity index is 1.11. The molecule has 0 atom stereocenters. The van der Waals surface area contributed by atoms with Crippen molar-refractivity contribution in [3.63, 3.8) is 0 Å². The van der Waals surface area contributed by atoms with Crippen molar-refractivity contribution in [2.75, 3.05) is 0 Å². The first-order valence-corrected chi connectivity index (χ1v) is 21.7. The van der Waals surface area contributed by atoms with E-state index in [1.807, 2.05) is 23.5 Å². The van der Waals surface area contributed by atoms with Gasteiger partial charge in [-0.05, 0) is 88.0 Å². The number of hydrogen-bond acceptors (Lipinski definition) is 4.